The molecule has 0 fully saturated rings. The Balaban J connectivity index is 3.51. The molecule has 0 aliphatic rings. The summed E-state index contributed by atoms with van der Waals surface area (Å²) in [5.41, 5.74) is 0. The second-order valence-corrected chi connectivity index (χ2v) is 3.82. The fraction of sp³-hybridized carbons (Fsp3) is 0.778. The molecule has 0 aromatic carbocycles. The van der Waals surface area contributed by atoms with Crippen molar-refractivity contribution in [1.29, 1.82) is 0 Å². The molecule has 0 bridgehead atoms. The van der Waals surface area contributed by atoms with Gasteiger partial charge in [0.2, 0.25) is 0 Å². The van der Waals surface area contributed by atoms with Crippen molar-refractivity contribution in [3.05, 3.63) is 0 Å². The third-order valence-corrected chi connectivity index (χ3v) is 1.71. The van der Waals surface area contributed by atoms with Crippen molar-refractivity contribution in [1.82, 2.24) is 0 Å². The average molecular weight is 172 g/mol. The Labute approximate surface area is 74.0 Å². The molecule has 1 amide bonds. The molecule has 0 aliphatic heterocycles. The number of carbonyl (C=O) groups is 2. The Morgan fingerprint density at radius 2 is 1.83 bits per heavy atom. The quantitative estimate of drug-likeness (QED) is 0.352. The van der Waals surface area contributed by atoms with Crippen LogP contribution in [0.5, 0.6) is 0 Å². The molecule has 0 unspecified atom stereocenters. The minimum atomic E-state index is 0.223. The Kier molecular flexibility index (Phi) is 4.74. The van der Waals surface area contributed by atoms with Gasteiger partial charge in [0.1, 0.15) is 6.29 Å². The molecule has 0 aromatic rings. The van der Waals surface area contributed by atoms with Crippen LogP contribution in [0.15, 0.2) is 0 Å². The number of rotatable bonds is 5. The molecule has 0 radical (unpaired) electrons. The van der Waals surface area contributed by atoms with E-state index < -0.39 is 0 Å². The van der Waals surface area contributed by atoms with Gasteiger partial charge in [0.05, 0.1) is 27.6 Å². The molecule has 0 saturated carbocycles. The van der Waals surface area contributed by atoms with Gasteiger partial charge >= 0.3 is 5.91 Å². The molecule has 0 aromatic heterocycles. The van der Waals surface area contributed by atoms with E-state index in [0.29, 0.717) is 17.3 Å². The van der Waals surface area contributed by atoms with Crippen molar-refractivity contribution in [3.63, 3.8) is 0 Å². The summed E-state index contributed by atoms with van der Waals surface area (Å²) in [6.45, 7) is 0. The summed E-state index contributed by atoms with van der Waals surface area (Å²) in [7, 11) is 5.59. The highest BCUT2D eigenvalue weighted by molar-refractivity contribution is 5.68. The van der Waals surface area contributed by atoms with Crippen LogP contribution in [0.2, 0.25) is 0 Å². The van der Waals surface area contributed by atoms with E-state index in [0.717, 1.165) is 19.1 Å². The van der Waals surface area contributed by atoms with Gasteiger partial charge in [-0.1, -0.05) is 0 Å². The van der Waals surface area contributed by atoms with Gasteiger partial charge in [-0.15, -0.1) is 0 Å². The van der Waals surface area contributed by atoms with Crippen LogP contribution in [-0.4, -0.2) is 37.8 Å². The van der Waals surface area contributed by atoms with Crippen molar-refractivity contribution in [2.45, 2.75) is 25.7 Å². The predicted molar refractivity (Wildman–Crippen MR) is 47.6 cm³/mol. The summed E-state index contributed by atoms with van der Waals surface area (Å²) < 4.78 is 0.376. The van der Waals surface area contributed by atoms with Crippen LogP contribution < -0.4 is 0 Å². The molecule has 3 heteroatoms. The summed E-state index contributed by atoms with van der Waals surface area (Å²) in [5, 5.41) is 0. The first kappa shape index (κ1) is 11.3. The molecule has 0 atom stereocenters. The Bertz CT molecular complexity index is 158. The van der Waals surface area contributed by atoms with Crippen molar-refractivity contribution in [2.24, 2.45) is 0 Å². The number of nitrogens with zero attached hydrogens (tertiary/aromatic N) is 1. The normalized spacial score (nSPS) is 11.2. The van der Waals surface area contributed by atoms with E-state index in [4.69, 9.17) is 0 Å². The van der Waals surface area contributed by atoms with Crippen LogP contribution >= 0.6 is 0 Å². The maximum absolute atomic E-state index is 11.3. The molecule has 0 rings (SSSR count). The van der Waals surface area contributed by atoms with E-state index in [1.807, 2.05) is 21.1 Å². The summed E-state index contributed by atoms with van der Waals surface area (Å²) in [5.74, 6) is 0.223. The highest BCUT2D eigenvalue weighted by Gasteiger charge is 2.18. The molecule has 0 aliphatic carbocycles. The molecular formula is C9H18NO2+. The summed E-state index contributed by atoms with van der Waals surface area (Å²) in [6.07, 6.45) is 3.71. The Morgan fingerprint density at radius 1 is 1.25 bits per heavy atom. The van der Waals surface area contributed by atoms with Gasteiger partial charge in [0.25, 0.3) is 0 Å². The second-order valence-electron chi connectivity index (χ2n) is 3.82. The van der Waals surface area contributed by atoms with Gasteiger partial charge in [-0.3, -0.25) is 4.48 Å². The zero-order valence-electron chi connectivity index (χ0n) is 8.17. The van der Waals surface area contributed by atoms with Crippen LogP contribution in [0.1, 0.15) is 25.7 Å². The lowest BCUT2D eigenvalue weighted by molar-refractivity contribution is -0.792. The van der Waals surface area contributed by atoms with Crippen molar-refractivity contribution in [3.8, 4) is 0 Å². The lowest BCUT2D eigenvalue weighted by Crippen LogP contribution is -2.40. The van der Waals surface area contributed by atoms with Crippen LogP contribution in [0, 0.1) is 0 Å². The van der Waals surface area contributed by atoms with Gasteiger partial charge in [-0.05, 0) is 12.8 Å². The minimum absolute atomic E-state index is 0.223. The number of aldehydes is 1. The second kappa shape index (κ2) is 5.04. The Hall–Kier alpha value is -0.700. The van der Waals surface area contributed by atoms with Crippen molar-refractivity contribution >= 4 is 12.2 Å². The highest BCUT2D eigenvalue weighted by atomic mass is 16.2. The summed E-state index contributed by atoms with van der Waals surface area (Å²) in [4.78, 5) is 21.3. The zero-order chi connectivity index (χ0) is 9.61. The van der Waals surface area contributed by atoms with E-state index in [-0.39, 0.29) is 5.91 Å². The number of quaternary nitrogens is 1. The first-order chi connectivity index (χ1) is 5.48. The maximum atomic E-state index is 11.3. The number of amides is 1. The van der Waals surface area contributed by atoms with E-state index >= 15 is 0 Å². The SMILES string of the molecule is C[N+](C)(C)C(=O)CCCCC=O. The molecule has 0 N–H and O–H groups in total. The Morgan fingerprint density at radius 3 is 2.25 bits per heavy atom. The summed E-state index contributed by atoms with van der Waals surface area (Å²) in [6, 6.07) is 0. The van der Waals surface area contributed by atoms with Crippen LogP contribution in [-0.2, 0) is 9.59 Å². The van der Waals surface area contributed by atoms with Gasteiger partial charge in [-0.25, -0.2) is 4.79 Å². The first-order valence-corrected chi connectivity index (χ1v) is 4.27. The third-order valence-electron chi connectivity index (χ3n) is 1.71. The number of unbranched alkanes of at least 4 members (excludes halogenated alkanes) is 2. The van der Waals surface area contributed by atoms with Crippen LogP contribution in [0.25, 0.3) is 0 Å². The van der Waals surface area contributed by atoms with E-state index in [9.17, 15) is 9.59 Å². The van der Waals surface area contributed by atoms with Crippen molar-refractivity contribution < 1.29 is 14.1 Å². The minimum Gasteiger partial charge on any atom is -0.303 e. The van der Waals surface area contributed by atoms with Crippen molar-refractivity contribution in [2.75, 3.05) is 21.1 Å². The monoisotopic (exact) mass is 172 g/mol. The van der Waals surface area contributed by atoms with Gasteiger partial charge < -0.3 is 4.79 Å². The van der Waals surface area contributed by atoms with E-state index in [1.54, 1.807) is 0 Å². The molecule has 0 saturated heterocycles. The van der Waals surface area contributed by atoms with Gasteiger partial charge in [-0.2, -0.15) is 0 Å². The lowest BCUT2D eigenvalue weighted by Gasteiger charge is -2.20. The largest absolute Gasteiger partial charge is 0.313 e. The van der Waals surface area contributed by atoms with Gasteiger partial charge in [0.15, 0.2) is 0 Å². The van der Waals surface area contributed by atoms with Crippen LogP contribution in [0.4, 0.5) is 0 Å². The molecule has 0 heterocycles. The number of hydrogen-bond acceptors (Lipinski definition) is 2. The van der Waals surface area contributed by atoms with E-state index in [1.165, 1.54) is 0 Å². The smallest absolute Gasteiger partial charge is 0.303 e. The maximum Gasteiger partial charge on any atom is 0.313 e. The van der Waals surface area contributed by atoms with Crippen LogP contribution in [0.3, 0.4) is 0 Å². The average Bonchev–Trinajstić information content (AvgIpc) is 1.96. The summed E-state index contributed by atoms with van der Waals surface area (Å²) >= 11 is 0. The molecule has 0 spiro atoms. The molecular weight excluding hydrogens is 154 g/mol. The van der Waals surface area contributed by atoms with E-state index in [2.05, 4.69) is 0 Å². The highest BCUT2D eigenvalue weighted by Crippen LogP contribution is 2.03. The lowest BCUT2D eigenvalue weighted by atomic mass is 10.2. The zero-order valence-corrected chi connectivity index (χ0v) is 8.17. The standard InChI is InChI=1S/C9H18NO2/c1-10(2,3)9(12)7-5-4-6-8-11/h8H,4-7H2,1-3H3/q+1. The van der Waals surface area contributed by atoms with Gasteiger partial charge in [0, 0.05) is 6.42 Å². The first-order valence-electron chi connectivity index (χ1n) is 4.27. The fourth-order valence-corrected chi connectivity index (χ4v) is 0.839. The molecule has 70 valence electrons. The fourth-order valence-electron chi connectivity index (χ4n) is 0.839. The number of hydrogen-bond donors (Lipinski definition) is 0. The topological polar surface area (TPSA) is 34.1 Å². The molecule has 3 nitrogen and oxygen atoms in total. The molecule has 12 heavy (non-hydrogen) atoms. The number of carbonyl (C=O) groups excluding carboxylic acids is 2. The predicted octanol–water partition coefficient (Wildman–Crippen LogP) is 0.978. The third kappa shape index (κ3) is 5.02.